The van der Waals surface area contributed by atoms with Crippen molar-refractivity contribution in [1.29, 1.82) is 0 Å². The van der Waals surface area contributed by atoms with Crippen LogP contribution in [-0.4, -0.2) is 130 Å². The Bertz CT molecular complexity index is 1130. The van der Waals surface area contributed by atoms with Gasteiger partial charge in [0.2, 0.25) is 0 Å². The molecule has 10 heteroatoms. The minimum Gasteiger partial charge on any atom is -0.648 e. The summed E-state index contributed by atoms with van der Waals surface area (Å²) in [6, 6.07) is 12.2. The Balaban J connectivity index is 0.000000743. The van der Waals surface area contributed by atoms with Gasteiger partial charge in [0.15, 0.2) is 0 Å². The molecule has 0 saturated heterocycles. The minimum atomic E-state index is 0. The summed E-state index contributed by atoms with van der Waals surface area (Å²) in [4.78, 5) is 34.0. The topological polar surface area (TPSA) is 125 Å². The Kier molecular flexibility index (Phi) is 35.0. The van der Waals surface area contributed by atoms with Crippen LogP contribution in [0.3, 0.4) is 0 Å². The summed E-state index contributed by atoms with van der Waals surface area (Å²) >= 11 is 0. The van der Waals surface area contributed by atoms with Gasteiger partial charge in [-0.1, -0.05) is 127 Å². The maximum absolute atomic E-state index is 4.47. The molecule has 0 aromatic carbocycles. The molecule has 0 aliphatic heterocycles. The number of rotatable bonds is 24. The van der Waals surface area contributed by atoms with Gasteiger partial charge in [-0.2, -0.15) is 0 Å². The molecule has 3 aromatic heterocycles. The van der Waals surface area contributed by atoms with Crippen molar-refractivity contribution < 1.29 is 20.0 Å². The van der Waals surface area contributed by atoms with Gasteiger partial charge in [0, 0.05) is 51.2 Å². The van der Waals surface area contributed by atoms with Gasteiger partial charge in [-0.05, 0) is 25.0 Å². The van der Waals surface area contributed by atoms with Gasteiger partial charge in [-0.3, -0.25) is 9.98 Å². The molecule has 3 heterocycles. The van der Waals surface area contributed by atoms with Crippen LogP contribution in [0.25, 0.3) is 0 Å². The molecule has 0 radical (unpaired) electrons. The van der Waals surface area contributed by atoms with E-state index in [-0.39, 0.29) is 48.9 Å². The van der Waals surface area contributed by atoms with Crippen LogP contribution in [0, 0.1) is 0 Å². The molecule has 3 rings (SSSR count). The fourth-order valence-corrected chi connectivity index (χ4v) is 4.34. The Hall–Kier alpha value is -2.57. The molecule has 282 valence electrons. The first-order chi connectivity index (χ1) is 25.1. The third kappa shape index (κ3) is 28.0. The predicted octanol–water partition coefficient (Wildman–Crippen LogP) is 1.56. The van der Waals surface area contributed by atoms with Crippen molar-refractivity contribution in [3.63, 3.8) is 0 Å². The summed E-state index contributed by atoms with van der Waals surface area (Å²) in [5, 5.41) is 0. The van der Waals surface area contributed by atoms with E-state index < -0.39 is 0 Å². The molecule has 52 heavy (non-hydrogen) atoms. The molecular formula is C42H71BaN9+4. The van der Waals surface area contributed by atoms with Crippen molar-refractivity contribution >= 4 is 86.2 Å². The summed E-state index contributed by atoms with van der Waals surface area (Å²) in [7, 11) is 0. The second-order valence-electron chi connectivity index (χ2n) is 12.5. The molecule has 3 aromatic rings. The van der Waals surface area contributed by atoms with Crippen molar-refractivity contribution in [2.24, 2.45) is 9.98 Å². The van der Waals surface area contributed by atoms with Crippen molar-refractivity contribution in [1.82, 2.24) is 15.0 Å². The van der Waals surface area contributed by atoms with E-state index in [1.165, 1.54) is 64.2 Å². The predicted molar refractivity (Wildman–Crippen MR) is 224 cm³/mol. The van der Waals surface area contributed by atoms with Crippen molar-refractivity contribution in [2.45, 2.75) is 119 Å². The Morgan fingerprint density at radius 3 is 1.02 bits per heavy atom. The number of aliphatic imine (C=N–C) groups is 2. The molecule has 0 bridgehead atoms. The monoisotopic (exact) mass is 839 g/mol. The van der Waals surface area contributed by atoms with Crippen molar-refractivity contribution in [3.05, 3.63) is 70.6 Å². The number of nitrogens with one attached hydrogen (secondary N) is 5. The average molecular weight is 839 g/mol. The van der Waals surface area contributed by atoms with E-state index >= 15 is 0 Å². The van der Waals surface area contributed by atoms with Crippen LogP contribution >= 0.6 is 0 Å². The van der Waals surface area contributed by atoms with E-state index in [0.29, 0.717) is 0 Å². The molecule has 0 unspecified atom stereocenters. The number of aromatic amines is 1. The van der Waals surface area contributed by atoms with Gasteiger partial charge >= 0.3 is 48.9 Å². The molecule has 0 fully saturated rings. The number of hydrogen-bond donors (Lipinski definition) is 5. The molecule has 0 spiro atoms. The zero-order valence-corrected chi connectivity index (χ0v) is 38.1. The number of H-pyrrole nitrogens is 1. The first-order valence-electron chi connectivity index (χ1n) is 19.8. The summed E-state index contributed by atoms with van der Waals surface area (Å²) < 4.78 is 0. The van der Waals surface area contributed by atoms with Gasteiger partial charge in [-0.15, -0.1) is 0 Å². The Labute approximate surface area is 356 Å². The quantitative estimate of drug-likeness (QED) is 0.0535. The van der Waals surface area contributed by atoms with E-state index in [4.69, 9.17) is 0 Å². The van der Waals surface area contributed by atoms with Crippen LogP contribution in [0.4, 0.5) is 0 Å². The van der Waals surface area contributed by atoms with Crippen LogP contribution < -0.4 is 29.9 Å². The standard InChI is InChI=1S/C14H23N3.2C14H22N3.Ba/c3*1-3-5-9-15-11-13-7-8-14(17-13)12-16-10-6-4-2;/h7-8,11-12,17H,3-6,9-10H2,1-2H3;2*7-8,11-12H,3-6,9-10H2,1-2H3;/q;2*-1;+2/p+4. The third-order valence-corrected chi connectivity index (χ3v) is 7.54. The smallest absolute Gasteiger partial charge is 0.648 e. The fourth-order valence-electron chi connectivity index (χ4n) is 4.34. The maximum Gasteiger partial charge on any atom is 2.00 e. The fraction of sp³-hybridized carbons (Fsp3) is 0.571. The molecule has 0 aliphatic rings. The zero-order chi connectivity index (χ0) is 37.0. The van der Waals surface area contributed by atoms with Crippen LogP contribution in [0.2, 0.25) is 0 Å². The normalized spacial score (nSPS) is 11.7. The zero-order valence-electron chi connectivity index (χ0n) is 33.7. The molecular weight excluding hydrogens is 768 g/mol. The van der Waals surface area contributed by atoms with Gasteiger partial charge in [-0.25, -0.2) is 20.0 Å². The van der Waals surface area contributed by atoms with Crippen molar-refractivity contribution in [3.8, 4) is 0 Å². The molecule has 0 aliphatic carbocycles. The van der Waals surface area contributed by atoms with Crippen LogP contribution in [0.5, 0.6) is 0 Å². The molecule has 9 nitrogen and oxygen atoms in total. The van der Waals surface area contributed by atoms with Crippen molar-refractivity contribution in [2.75, 3.05) is 39.3 Å². The molecule has 0 amide bonds. The van der Waals surface area contributed by atoms with E-state index in [2.05, 4.69) is 86.4 Å². The van der Waals surface area contributed by atoms with E-state index in [1.807, 2.05) is 73.7 Å². The van der Waals surface area contributed by atoms with E-state index in [1.54, 1.807) is 0 Å². The van der Waals surface area contributed by atoms with Crippen LogP contribution in [0.1, 0.15) is 153 Å². The second-order valence-corrected chi connectivity index (χ2v) is 12.5. The summed E-state index contributed by atoms with van der Waals surface area (Å²) in [5.41, 5.74) is 6.12. The maximum atomic E-state index is 4.47. The summed E-state index contributed by atoms with van der Waals surface area (Å²) in [6.45, 7) is 19.0. The summed E-state index contributed by atoms with van der Waals surface area (Å²) in [5.74, 6) is 0. The largest absolute Gasteiger partial charge is 2.00 e. The first kappa shape index (κ1) is 49.4. The van der Waals surface area contributed by atoms with Gasteiger partial charge in [0.25, 0.3) is 0 Å². The van der Waals surface area contributed by atoms with Gasteiger partial charge in [0.05, 0.1) is 11.4 Å². The SMILES string of the molecule is CCCCN=Cc1ccc(C=NCCCC)[nH]1.CCCC[NH+]=Cc1ccc(C=[NH+]CCCC)[n-]1.CCCC[NH+]=Cc1ccc(C=[NH+]CCCC)[n-]1.[Ba+2]. The Morgan fingerprint density at radius 2 is 0.750 bits per heavy atom. The first-order valence-corrected chi connectivity index (χ1v) is 19.8. The second kappa shape index (κ2) is 36.8. The average Bonchev–Trinajstić information content (AvgIpc) is 3.92. The number of aromatic nitrogens is 3. The number of nitrogens with zero attached hydrogens (tertiary/aromatic N) is 4. The third-order valence-electron chi connectivity index (χ3n) is 7.54. The summed E-state index contributed by atoms with van der Waals surface area (Å²) in [6.07, 6.45) is 26.1. The van der Waals surface area contributed by atoms with Crippen LogP contribution in [0.15, 0.2) is 46.4 Å². The van der Waals surface area contributed by atoms with Gasteiger partial charge < -0.3 is 15.0 Å². The molecule has 5 N–H and O–H groups in total. The molecule has 0 atom stereocenters. The van der Waals surface area contributed by atoms with Crippen LogP contribution in [-0.2, 0) is 0 Å². The number of unbranched alkanes of at least 4 members (excludes halogenated alkanes) is 6. The minimum absolute atomic E-state index is 0. The molecule has 0 saturated carbocycles. The Morgan fingerprint density at radius 1 is 0.462 bits per heavy atom. The van der Waals surface area contributed by atoms with E-state index in [9.17, 15) is 0 Å². The number of hydrogen-bond acceptors (Lipinski definition) is 2. The van der Waals surface area contributed by atoms with E-state index in [0.717, 1.165) is 86.3 Å². The van der Waals surface area contributed by atoms with Gasteiger partial charge in [0.1, 0.15) is 51.0 Å².